The molecule has 3 nitrogen and oxygen atoms in total. The first-order valence-corrected chi connectivity index (χ1v) is 4.09. The zero-order chi connectivity index (χ0) is 11.6. The molecule has 0 aromatic heterocycles. The minimum Gasteiger partial charge on any atom is -0.394 e. The summed E-state index contributed by atoms with van der Waals surface area (Å²) in [5.41, 5.74) is -1.35. The first-order chi connectivity index (χ1) is 6.91. The second-order valence-electron chi connectivity index (χ2n) is 3.10. The van der Waals surface area contributed by atoms with Gasteiger partial charge in [0, 0.05) is 6.08 Å². The third-order valence-electron chi connectivity index (χ3n) is 2.15. The van der Waals surface area contributed by atoms with Gasteiger partial charge >= 0.3 is 6.08 Å². The third-order valence-corrected chi connectivity index (χ3v) is 2.15. The fourth-order valence-electron chi connectivity index (χ4n) is 1.30. The van der Waals surface area contributed by atoms with E-state index in [1.165, 1.54) is 5.73 Å². The molecule has 0 saturated carbocycles. The summed E-state index contributed by atoms with van der Waals surface area (Å²) in [7, 11) is 5.16. The number of rotatable bonds is 2. The summed E-state index contributed by atoms with van der Waals surface area (Å²) in [5, 5.41) is 18.0. The Bertz CT molecular complexity index is 302. The van der Waals surface area contributed by atoms with E-state index in [-0.39, 0.29) is 0 Å². The highest BCUT2D eigenvalue weighted by molar-refractivity contribution is 6.12. The first kappa shape index (κ1) is 12.3. The number of aliphatic hydroxyl groups excluding tert-OH is 2. The number of ether oxygens (including phenoxy) is 1. The fourth-order valence-corrected chi connectivity index (χ4v) is 1.30. The Balaban J connectivity index is 2.97. The van der Waals surface area contributed by atoms with Crippen LogP contribution in [0.4, 0.5) is 13.2 Å². The van der Waals surface area contributed by atoms with Crippen molar-refractivity contribution in [1.82, 2.24) is 0 Å². The largest absolute Gasteiger partial charge is 0.394 e. The minimum atomic E-state index is -2.67. The molecule has 1 fully saturated rings. The van der Waals surface area contributed by atoms with Gasteiger partial charge in [0.25, 0.3) is 0 Å². The molecule has 2 N–H and O–H groups in total. The van der Waals surface area contributed by atoms with Crippen molar-refractivity contribution in [3.05, 3.63) is 17.9 Å². The molecule has 1 aliphatic heterocycles. The zero-order valence-corrected chi connectivity index (χ0v) is 7.53. The van der Waals surface area contributed by atoms with Crippen molar-refractivity contribution in [2.45, 2.75) is 23.9 Å². The van der Waals surface area contributed by atoms with Gasteiger partial charge in [0.15, 0.2) is 5.67 Å². The highest BCUT2D eigenvalue weighted by Gasteiger charge is 2.53. The lowest BCUT2D eigenvalue weighted by Gasteiger charge is -2.21. The minimum absolute atomic E-state index is 0.313. The molecular weight excluding hydrogens is 212 g/mol. The van der Waals surface area contributed by atoms with Crippen LogP contribution in [-0.4, -0.2) is 48.5 Å². The molecule has 0 amide bonds. The van der Waals surface area contributed by atoms with Crippen LogP contribution in [0.3, 0.4) is 0 Å². The maximum Gasteiger partial charge on any atom is 0.312 e. The predicted molar refractivity (Wildman–Crippen MR) is 45.2 cm³/mol. The lowest BCUT2D eigenvalue weighted by molar-refractivity contribution is -0.00856. The van der Waals surface area contributed by atoms with Crippen molar-refractivity contribution < 1.29 is 28.1 Å². The van der Waals surface area contributed by atoms with E-state index in [0.29, 0.717) is 6.08 Å². The van der Waals surface area contributed by atoms with Crippen LogP contribution < -0.4 is 0 Å². The summed E-state index contributed by atoms with van der Waals surface area (Å²) in [6.45, 7) is -0.657. The van der Waals surface area contributed by atoms with Crippen LogP contribution in [0.25, 0.3) is 0 Å². The van der Waals surface area contributed by atoms with Crippen molar-refractivity contribution in [3.63, 3.8) is 0 Å². The third kappa shape index (κ3) is 2.26. The SMILES string of the molecule is [B][C@@H]1O[C@H](CO)C(O)[C@]1(F)C=C=C(F)F. The average Bonchev–Trinajstić information content (AvgIpc) is 2.40. The number of alkyl halides is 1. The number of hydrogen-bond donors (Lipinski definition) is 2. The highest BCUT2D eigenvalue weighted by Crippen LogP contribution is 2.34. The Labute approximate surface area is 85.3 Å². The fraction of sp³-hybridized carbons (Fsp3) is 0.625. The smallest absolute Gasteiger partial charge is 0.312 e. The maximum absolute atomic E-state index is 13.8. The Hall–Kier alpha value is -0.745. The standard InChI is InChI=1S/C8H8BF3O3/c9-7-8(12,2-1-5(10)11)6(14)4(3-13)15-7/h2,4,6-7,13-14H,3H2/t4-,6?,7-,8-/m1/s1. The number of aliphatic hydroxyl groups is 2. The zero-order valence-electron chi connectivity index (χ0n) is 7.53. The van der Waals surface area contributed by atoms with Crippen LogP contribution in [0.15, 0.2) is 17.9 Å². The monoisotopic (exact) mass is 220 g/mol. The van der Waals surface area contributed by atoms with Gasteiger partial charge in [0.05, 0.1) is 12.6 Å². The van der Waals surface area contributed by atoms with E-state index in [9.17, 15) is 18.3 Å². The molecule has 0 bridgehead atoms. The van der Waals surface area contributed by atoms with E-state index in [0.717, 1.165) is 0 Å². The molecule has 1 heterocycles. The normalized spacial score (nSPS) is 39.9. The molecule has 82 valence electrons. The van der Waals surface area contributed by atoms with Gasteiger partial charge < -0.3 is 14.9 Å². The molecular formula is C8H8BF3O3. The summed E-state index contributed by atoms with van der Waals surface area (Å²) >= 11 is 0. The topological polar surface area (TPSA) is 49.7 Å². The second-order valence-corrected chi connectivity index (χ2v) is 3.10. The highest BCUT2D eigenvalue weighted by atomic mass is 19.3. The quantitative estimate of drug-likeness (QED) is 0.503. The molecule has 0 spiro atoms. The van der Waals surface area contributed by atoms with Crippen molar-refractivity contribution in [2.75, 3.05) is 6.61 Å². The second kappa shape index (κ2) is 4.41. The summed E-state index contributed by atoms with van der Waals surface area (Å²) in [5.74, 6) is 0. The number of halogens is 3. The van der Waals surface area contributed by atoms with Gasteiger partial charge in [-0.2, -0.15) is 8.78 Å². The Morgan fingerprint density at radius 2 is 2.20 bits per heavy atom. The average molecular weight is 220 g/mol. The first-order valence-electron chi connectivity index (χ1n) is 4.09. The van der Waals surface area contributed by atoms with Crippen molar-refractivity contribution in [2.24, 2.45) is 0 Å². The van der Waals surface area contributed by atoms with Crippen molar-refractivity contribution in [1.29, 1.82) is 0 Å². The lowest BCUT2D eigenvalue weighted by Crippen LogP contribution is -2.43. The van der Waals surface area contributed by atoms with Gasteiger partial charge in [-0.1, -0.05) is 5.73 Å². The predicted octanol–water partition coefficient (Wildman–Crippen LogP) is -0.123. The van der Waals surface area contributed by atoms with Gasteiger partial charge in [-0.25, -0.2) is 4.39 Å². The molecule has 7 heteroatoms. The van der Waals surface area contributed by atoms with E-state index in [1.807, 2.05) is 0 Å². The van der Waals surface area contributed by atoms with Crippen LogP contribution in [0, 0.1) is 0 Å². The molecule has 0 aromatic carbocycles. The molecule has 1 rings (SSSR count). The summed E-state index contributed by atoms with van der Waals surface area (Å²) in [4.78, 5) is 0. The van der Waals surface area contributed by atoms with Gasteiger partial charge in [0.2, 0.25) is 0 Å². The van der Waals surface area contributed by atoms with E-state index >= 15 is 0 Å². The van der Waals surface area contributed by atoms with Crippen LogP contribution in [0.5, 0.6) is 0 Å². The lowest BCUT2D eigenvalue weighted by atomic mass is 9.82. The molecule has 1 unspecified atom stereocenters. The summed E-state index contributed by atoms with van der Waals surface area (Å²) < 4.78 is 41.8. The van der Waals surface area contributed by atoms with Gasteiger partial charge in [-0.3, -0.25) is 0 Å². The molecule has 15 heavy (non-hydrogen) atoms. The van der Waals surface area contributed by atoms with Crippen LogP contribution in [0.1, 0.15) is 0 Å². The van der Waals surface area contributed by atoms with Crippen LogP contribution in [-0.2, 0) is 4.74 Å². The Morgan fingerprint density at radius 1 is 1.60 bits per heavy atom. The number of hydrogen-bond acceptors (Lipinski definition) is 3. The van der Waals surface area contributed by atoms with E-state index < -0.39 is 36.6 Å². The molecule has 2 radical (unpaired) electrons. The van der Waals surface area contributed by atoms with Crippen LogP contribution >= 0.6 is 0 Å². The van der Waals surface area contributed by atoms with E-state index in [2.05, 4.69) is 4.74 Å². The van der Waals surface area contributed by atoms with Crippen molar-refractivity contribution >= 4 is 7.85 Å². The molecule has 0 aromatic rings. The maximum atomic E-state index is 13.8. The summed E-state index contributed by atoms with van der Waals surface area (Å²) in [6.07, 6.45) is -4.96. The van der Waals surface area contributed by atoms with Crippen molar-refractivity contribution in [3.8, 4) is 0 Å². The van der Waals surface area contributed by atoms with E-state index in [4.69, 9.17) is 13.0 Å². The Kier molecular flexibility index (Phi) is 3.62. The van der Waals surface area contributed by atoms with Gasteiger partial charge in [-0.15, -0.1) is 0 Å². The Morgan fingerprint density at radius 3 is 2.60 bits per heavy atom. The van der Waals surface area contributed by atoms with Gasteiger partial charge in [-0.05, 0) is 0 Å². The molecule has 1 saturated heterocycles. The summed E-state index contributed by atoms with van der Waals surface area (Å²) in [6, 6.07) is -1.61. The molecule has 1 aliphatic rings. The van der Waals surface area contributed by atoms with Gasteiger partial charge in [0.1, 0.15) is 20.1 Å². The van der Waals surface area contributed by atoms with E-state index in [1.54, 1.807) is 0 Å². The molecule has 0 aliphatic carbocycles. The molecule has 4 atom stereocenters. The van der Waals surface area contributed by atoms with Crippen LogP contribution in [0.2, 0.25) is 0 Å².